The second-order valence-corrected chi connectivity index (χ2v) is 5.55. The summed E-state index contributed by atoms with van der Waals surface area (Å²) < 4.78 is 4.66. The van der Waals surface area contributed by atoms with Crippen LogP contribution in [0.2, 0.25) is 5.02 Å². The molecule has 0 spiro atoms. The Balaban J connectivity index is 2.26. The smallest absolute Gasteiger partial charge is 0.325 e. The first-order chi connectivity index (χ1) is 10.0. The number of phenols is 1. The zero-order valence-corrected chi connectivity index (χ0v) is 12.6. The number of ether oxygens (including phenoxy) is 1. The van der Waals surface area contributed by atoms with Crippen LogP contribution in [0.25, 0.3) is 0 Å². The van der Waals surface area contributed by atoms with Crippen molar-refractivity contribution in [2.45, 2.75) is 31.7 Å². The first kappa shape index (κ1) is 15.6. The summed E-state index contributed by atoms with van der Waals surface area (Å²) in [6.07, 6.45) is 3.78. The second-order valence-electron chi connectivity index (χ2n) is 5.11. The average molecular weight is 312 g/mol. The molecule has 1 aromatic rings. The van der Waals surface area contributed by atoms with Gasteiger partial charge in [0.2, 0.25) is 0 Å². The molecule has 0 atom stereocenters. The first-order valence-electron chi connectivity index (χ1n) is 6.89. The third-order valence-electron chi connectivity index (χ3n) is 3.74. The van der Waals surface area contributed by atoms with Crippen LogP contribution >= 0.6 is 11.6 Å². The van der Waals surface area contributed by atoms with Gasteiger partial charge < -0.3 is 14.7 Å². The van der Waals surface area contributed by atoms with Crippen LogP contribution in [-0.4, -0.2) is 41.6 Å². The number of esters is 1. The van der Waals surface area contributed by atoms with Gasteiger partial charge in [0, 0.05) is 11.1 Å². The third kappa shape index (κ3) is 3.67. The van der Waals surface area contributed by atoms with E-state index >= 15 is 0 Å². The number of halogens is 1. The number of carbonyl (C=O) groups is 2. The van der Waals surface area contributed by atoms with E-state index in [9.17, 15) is 14.7 Å². The maximum atomic E-state index is 12.6. The first-order valence-corrected chi connectivity index (χ1v) is 7.27. The molecule has 1 aliphatic carbocycles. The number of hydrogen-bond donors (Lipinski definition) is 1. The number of amides is 1. The van der Waals surface area contributed by atoms with E-state index in [0.717, 1.165) is 25.7 Å². The van der Waals surface area contributed by atoms with Gasteiger partial charge in [-0.2, -0.15) is 0 Å². The molecule has 0 aromatic heterocycles. The number of carbonyl (C=O) groups excluding carboxylic acids is 2. The molecule has 1 amide bonds. The van der Waals surface area contributed by atoms with Gasteiger partial charge >= 0.3 is 5.97 Å². The molecule has 21 heavy (non-hydrogen) atoms. The Bertz CT molecular complexity index is 540. The topological polar surface area (TPSA) is 66.8 Å². The molecule has 114 valence electrons. The molecule has 1 saturated carbocycles. The van der Waals surface area contributed by atoms with E-state index in [0.29, 0.717) is 5.02 Å². The largest absolute Gasteiger partial charge is 0.507 e. The number of phenolic OH excluding ortho intramolecular Hbond substituents is 1. The Morgan fingerprint density at radius 2 is 2.05 bits per heavy atom. The zero-order chi connectivity index (χ0) is 15.4. The molecule has 0 heterocycles. The number of benzene rings is 1. The van der Waals surface area contributed by atoms with Gasteiger partial charge in [0.25, 0.3) is 5.91 Å². The quantitative estimate of drug-likeness (QED) is 0.868. The van der Waals surface area contributed by atoms with Crippen LogP contribution in [-0.2, 0) is 9.53 Å². The lowest BCUT2D eigenvalue weighted by Crippen LogP contribution is -2.42. The highest BCUT2D eigenvalue weighted by Gasteiger charge is 2.30. The van der Waals surface area contributed by atoms with Crippen molar-refractivity contribution in [1.29, 1.82) is 0 Å². The van der Waals surface area contributed by atoms with Crippen LogP contribution < -0.4 is 0 Å². The van der Waals surface area contributed by atoms with E-state index in [1.165, 1.54) is 24.1 Å². The van der Waals surface area contributed by atoms with E-state index in [2.05, 4.69) is 4.74 Å². The summed E-state index contributed by atoms with van der Waals surface area (Å²) in [5.41, 5.74) is 0.148. The van der Waals surface area contributed by atoms with Crippen molar-refractivity contribution in [1.82, 2.24) is 4.90 Å². The Hall–Kier alpha value is -1.75. The van der Waals surface area contributed by atoms with Crippen molar-refractivity contribution >= 4 is 23.5 Å². The van der Waals surface area contributed by atoms with Crippen LogP contribution in [0.15, 0.2) is 18.2 Å². The van der Waals surface area contributed by atoms with Crippen LogP contribution in [0, 0.1) is 0 Å². The van der Waals surface area contributed by atoms with Crippen LogP contribution in [0.5, 0.6) is 5.75 Å². The van der Waals surface area contributed by atoms with Gasteiger partial charge in [-0.3, -0.25) is 9.59 Å². The molecule has 0 unspecified atom stereocenters. The molecule has 1 fully saturated rings. The standard InChI is InChI=1S/C15H18ClNO4/c1-21-14(19)9-17(11-4-2-3-5-11)15(20)12-7-6-10(16)8-13(12)18/h6-8,11,18H,2-5,9H2,1H3. The Kier molecular flexibility index (Phi) is 5.07. The van der Waals surface area contributed by atoms with Crippen molar-refractivity contribution in [2.24, 2.45) is 0 Å². The fourth-order valence-corrected chi connectivity index (χ4v) is 2.79. The summed E-state index contributed by atoms with van der Waals surface area (Å²) in [6.45, 7) is -0.109. The van der Waals surface area contributed by atoms with Gasteiger partial charge in [0.15, 0.2) is 0 Å². The summed E-state index contributed by atoms with van der Waals surface area (Å²) in [4.78, 5) is 25.7. The lowest BCUT2D eigenvalue weighted by molar-refractivity contribution is -0.141. The summed E-state index contributed by atoms with van der Waals surface area (Å²) in [5.74, 6) is -1.02. The van der Waals surface area contributed by atoms with Gasteiger partial charge in [-0.25, -0.2) is 0 Å². The fraction of sp³-hybridized carbons (Fsp3) is 0.467. The summed E-state index contributed by atoms with van der Waals surface area (Å²) >= 11 is 5.78. The number of nitrogens with zero attached hydrogens (tertiary/aromatic N) is 1. The molecule has 2 rings (SSSR count). The molecule has 5 nitrogen and oxygen atoms in total. The predicted molar refractivity (Wildman–Crippen MR) is 78.4 cm³/mol. The fourth-order valence-electron chi connectivity index (χ4n) is 2.63. The molecular formula is C15H18ClNO4. The highest BCUT2D eigenvalue weighted by molar-refractivity contribution is 6.30. The second kappa shape index (κ2) is 6.80. The Labute approximate surface area is 128 Å². The van der Waals surface area contributed by atoms with E-state index in [-0.39, 0.29) is 29.8 Å². The van der Waals surface area contributed by atoms with Crippen molar-refractivity contribution in [2.75, 3.05) is 13.7 Å². The van der Waals surface area contributed by atoms with Crippen LogP contribution in [0.3, 0.4) is 0 Å². The van der Waals surface area contributed by atoms with E-state index in [1.807, 2.05) is 0 Å². The van der Waals surface area contributed by atoms with Crippen molar-refractivity contribution in [3.05, 3.63) is 28.8 Å². The third-order valence-corrected chi connectivity index (χ3v) is 3.98. The van der Waals surface area contributed by atoms with Crippen LogP contribution in [0.4, 0.5) is 0 Å². The van der Waals surface area contributed by atoms with Gasteiger partial charge in [0.05, 0.1) is 12.7 Å². The van der Waals surface area contributed by atoms with Gasteiger partial charge in [-0.05, 0) is 31.0 Å². The number of aromatic hydroxyl groups is 1. The molecule has 0 aliphatic heterocycles. The Morgan fingerprint density at radius 1 is 1.38 bits per heavy atom. The van der Waals surface area contributed by atoms with Gasteiger partial charge in [-0.15, -0.1) is 0 Å². The van der Waals surface area contributed by atoms with E-state index < -0.39 is 5.97 Å². The molecular weight excluding hydrogens is 294 g/mol. The summed E-state index contributed by atoms with van der Waals surface area (Å²) in [6, 6.07) is 4.34. The molecule has 1 aromatic carbocycles. The number of methoxy groups -OCH3 is 1. The van der Waals surface area contributed by atoms with Crippen molar-refractivity contribution < 1.29 is 19.4 Å². The minimum atomic E-state index is -0.469. The highest BCUT2D eigenvalue weighted by atomic mass is 35.5. The van der Waals surface area contributed by atoms with E-state index in [4.69, 9.17) is 11.6 Å². The molecule has 0 radical (unpaired) electrons. The minimum absolute atomic E-state index is 0.00618. The van der Waals surface area contributed by atoms with Crippen LogP contribution in [0.1, 0.15) is 36.0 Å². The molecule has 0 bridgehead atoms. The normalized spacial score (nSPS) is 15.0. The number of hydrogen-bond acceptors (Lipinski definition) is 4. The van der Waals surface area contributed by atoms with E-state index in [1.54, 1.807) is 6.07 Å². The molecule has 1 aliphatic rings. The number of rotatable bonds is 4. The summed E-state index contributed by atoms with van der Waals surface area (Å²) in [5, 5.41) is 10.2. The van der Waals surface area contributed by atoms with Gasteiger partial charge in [-0.1, -0.05) is 24.4 Å². The average Bonchev–Trinajstić information content (AvgIpc) is 2.97. The maximum absolute atomic E-state index is 12.6. The maximum Gasteiger partial charge on any atom is 0.325 e. The lowest BCUT2D eigenvalue weighted by atomic mass is 10.1. The Morgan fingerprint density at radius 3 is 2.62 bits per heavy atom. The molecule has 6 heteroatoms. The zero-order valence-electron chi connectivity index (χ0n) is 11.8. The molecule has 0 saturated heterocycles. The lowest BCUT2D eigenvalue weighted by Gasteiger charge is -2.28. The highest BCUT2D eigenvalue weighted by Crippen LogP contribution is 2.28. The minimum Gasteiger partial charge on any atom is -0.507 e. The SMILES string of the molecule is COC(=O)CN(C(=O)c1ccc(Cl)cc1O)C1CCCC1. The molecule has 1 N–H and O–H groups in total. The van der Waals surface area contributed by atoms with Gasteiger partial charge in [0.1, 0.15) is 12.3 Å². The predicted octanol–water partition coefficient (Wildman–Crippen LogP) is 2.60. The van der Waals surface area contributed by atoms with Crippen molar-refractivity contribution in [3.8, 4) is 5.75 Å². The summed E-state index contributed by atoms with van der Waals surface area (Å²) in [7, 11) is 1.29. The monoisotopic (exact) mass is 311 g/mol. The van der Waals surface area contributed by atoms with Crippen molar-refractivity contribution in [3.63, 3.8) is 0 Å².